The van der Waals surface area contributed by atoms with Crippen LogP contribution in [0.1, 0.15) is 10.4 Å². The predicted octanol–water partition coefficient (Wildman–Crippen LogP) is 2.38. The molecule has 17 heavy (non-hydrogen) atoms. The summed E-state index contributed by atoms with van der Waals surface area (Å²) in [6.07, 6.45) is 0. The standard InChI is InChI=1S/C12H21ClN2OS/c1-10-9-17-11(12(10)13)8-15(2)6-4-14-5-7-16-3/h9,14H,4-8H2,1-3H3. The van der Waals surface area contributed by atoms with Crippen LogP contribution >= 0.6 is 22.9 Å². The first-order chi connectivity index (χ1) is 8.15. The summed E-state index contributed by atoms with van der Waals surface area (Å²) in [7, 11) is 3.83. The number of hydrogen-bond acceptors (Lipinski definition) is 4. The van der Waals surface area contributed by atoms with Crippen LogP contribution in [0.25, 0.3) is 0 Å². The van der Waals surface area contributed by atoms with Crippen molar-refractivity contribution in [3.8, 4) is 0 Å². The second-order valence-corrected chi connectivity index (χ2v) is 5.48. The van der Waals surface area contributed by atoms with Gasteiger partial charge in [-0.15, -0.1) is 11.3 Å². The van der Waals surface area contributed by atoms with E-state index in [0.29, 0.717) is 0 Å². The second kappa shape index (κ2) is 8.06. The maximum atomic E-state index is 6.21. The average Bonchev–Trinajstić information content (AvgIpc) is 2.61. The molecule has 0 aromatic carbocycles. The Morgan fingerprint density at radius 3 is 2.82 bits per heavy atom. The van der Waals surface area contributed by atoms with Crippen LogP contribution in [0, 0.1) is 6.92 Å². The van der Waals surface area contributed by atoms with Crippen molar-refractivity contribution < 1.29 is 4.74 Å². The lowest BCUT2D eigenvalue weighted by atomic mass is 10.3. The third-order valence-electron chi connectivity index (χ3n) is 2.54. The summed E-state index contributed by atoms with van der Waals surface area (Å²) >= 11 is 7.94. The predicted molar refractivity (Wildman–Crippen MR) is 75.1 cm³/mol. The van der Waals surface area contributed by atoms with Gasteiger partial charge in [-0.3, -0.25) is 4.90 Å². The van der Waals surface area contributed by atoms with Crippen molar-refractivity contribution in [2.24, 2.45) is 0 Å². The van der Waals surface area contributed by atoms with Crippen molar-refractivity contribution in [1.29, 1.82) is 0 Å². The number of ether oxygens (including phenoxy) is 1. The first-order valence-electron chi connectivity index (χ1n) is 5.75. The number of likely N-dealkylation sites (N-methyl/N-ethyl adjacent to an activating group) is 1. The van der Waals surface area contributed by atoms with Gasteiger partial charge in [0, 0.05) is 38.2 Å². The van der Waals surface area contributed by atoms with E-state index in [-0.39, 0.29) is 0 Å². The maximum absolute atomic E-state index is 6.21. The fourth-order valence-corrected chi connectivity index (χ4v) is 2.79. The number of hydrogen-bond donors (Lipinski definition) is 1. The van der Waals surface area contributed by atoms with Crippen LogP contribution in [-0.4, -0.2) is 45.3 Å². The van der Waals surface area contributed by atoms with E-state index in [1.54, 1.807) is 18.4 Å². The van der Waals surface area contributed by atoms with Crippen molar-refractivity contribution in [3.05, 3.63) is 20.8 Å². The molecule has 0 bridgehead atoms. The van der Waals surface area contributed by atoms with Gasteiger partial charge in [-0.2, -0.15) is 0 Å². The zero-order valence-corrected chi connectivity index (χ0v) is 12.3. The molecule has 0 aliphatic rings. The van der Waals surface area contributed by atoms with Crippen LogP contribution in [0.15, 0.2) is 5.38 Å². The molecule has 98 valence electrons. The van der Waals surface area contributed by atoms with E-state index < -0.39 is 0 Å². The molecule has 0 fully saturated rings. The van der Waals surface area contributed by atoms with E-state index in [1.807, 2.05) is 0 Å². The van der Waals surface area contributed by atoms with Crippen LogP contribution < -0.4 is 5.32 Å². The summed E-state index contributed by atoms with van der Waals surface area (Å²) in [5, 5.41) is 6.37. The van der Waals surface area contributed by atoms with E-state index >= 15 is 0 Å². The highest BCUT2D eigenvalue weighted by molar-refractivity contribution is 7.10. The van der Waals surface area contributed by atoms with Crippen LogP contribution in [0.2, 0.25) is 5.02 Å². The topological polar surface area (TPSA) is 24.5 Å². The van der Waals surface area contributed by atoms with Crippen molar-refractivity contribution in [3.63, 3.8) is 0 Å². The number of methoxy groups -OCH3 is 1. The van der Waals surface area contributed by atoms with Crippen molar-refractivity contribution >= 4 is 22.9 Å². The van der Waals surface area contributed by atoms with E-state index in [0.717, 1.165) is 37.8 Å². The summed E-state index contributed by atoms with van der Waals surface area (Å²) in [5.74, 6) is 0. The van der Waals surface area contributed by atoms with E-state index in [4.69, 9.17) is 16.3 Å². The van der Waals surface area contributed by atoms with E-state index in [2.05, 4.69) is 29.6 Å². The quantitative estimate of drug-likeness (QED) is 0.738. The zero-order chi connectivity index (χ0) is 12.7. The third kappa shape index (κ3) is 5.36. The van der Waals surface area contributed by atoms with Gasteiger partial charge in [0.15, 0.2) is 0 Å². The minimum Gasteiger partial charge on any atom is -0.383 e. The molecule has 0 aliphatic carbocycles. The first kappa shape index (κ1) is 14.9. The Kier molecular flexibility index (Phi) is 7.08. The minimum absolute atomic E-state index is 0.764. The van der Waals surface area contributed by atoms with Gasteiger partial charge >= 0.3 is 0 Å². The highest BCUT2D eigenvalue weighted by Gasteiger charge is 2.08. The largest absolute Gasteiger partial charge is 0.383 e. The Hall–Kier alpha value is -0.130. The van der Waals surface area contributed by atoms with Crippen LogP contribution in [0.5, 0.6) is 0 Å². The summed E-state index contributed by atoms with van der Waals surface area (Å²) < 4.78 is 4.97. The molecule has 0 spiro atoms. The lowest BCUT2D eigenvalue weighted by Gasteiger charge is -2.16. The molecule has 3 nitrogen and oxygen atoms in total. The van der Waals surface area contributed by atoms with Gasteiger partial charge in [-0.25, -0.2) is 0 Å². The van der Waals surface area contributed by atoms with Crippen LogP contribution in [0.4, 0.5) is 0 Å². The van der Waals surface area contributed by atoms with E-state index in [1.165, 1.54) is 10.4 Å². The number of nitrogens with one attached hydrogen (secondary N) is 1. The van der Waals surface area contributed by atoms with E-state index in [9.17, 15) is 0 Å². The SMILES string of the molecule is COCCNCCN(C)Cc1scc(C)c1Cl. The molecular weight excluding hydrogens is 256 g/mol. The highest BCUT2D eigenvalue weighted by Crippen LogP contribution is 2.27. The van der Waals surface area contributed by atoms with Gasteiger partial charge in [-0.05, 0) is 24.9 Å². The minimum atomic E-state index is 0.764. The molecule has 5 heteroatoms. The van der Waals surface area contributed by atoms with Crippen LogP contribution in [0.3, 0.4) is 0 Å². The van der Waals surface area contributed by atoms with Crippen molar-refractivity contribution in [2.45, 2.75) is 13.5 Å². The van der Waals surface area contributed by atoms with Gasteiger partial charge in [0.1, 0.15) is 0 Å². The fraction of sp³-hybridized carbons (Fsp3) is 0.667. The molecule has 0 atom stereocenters. The lowest BCUT2D eigenvalue weighted by molar-refractivity contribution is 0.197. The van der Waals surface area contributed by atoms with Crippen molar-refractivity contribution in [2.75, 3.05) is 40.4 Å². The molecule has 0 aliphatic heterocycles. The second-order valence-electron chi connectivity index (χ2n) is 4.14. The fourth-order valence-electron chi connectivity index (χ4n) is 1.48. The molecular formula is C12H21ClN2OS. The molecule has 1 aromatic heterocycles. The first-order valence-corrected chi connectivity index (χ1v) is 7.01. The maximum Gasteiger partial charge on any atom is 0.0587 e. The lowest BCUT2D eigenvalue weighted by Crippen LogP contribution is -2.30. The number of thiophene rings is 1. The molecule has 1 aromatic rings. The Balaban J connectivity index is 2.21. The monoisotopic (exact) mass is 276 g/mol. The molecule has 0 saturated carbocycles. The van der Waals surface area contributed by atoms with Gasteiger partial charge in [0.25, 0.3) is 0 Å². The number of rotatable bonds is 8. The third-order valence-corrected chi connectivity index (χ3v) is 4.26. The number of halogens is 1. The zero-order valence-electron chi connectivity index (χ0n) is 10.8. The summed E-state index contributed by atoms with van der Waals surface area (Å²) in [6, 6.07) is 0. The Morgan fingerprint density at radius 2 is 2.24 bits per heavy atom. The molecule has 1 N–H and O–H groups in total. The molecule has 0 unspecified atom stereocenters. The van der Waals surface area contributed by atoms with Crippen molar-refractivity contribution in [1.82, 2.24) is 10.2 Å². The van der Waals surface area contributed by atoms with Gasteiger partial charge in [-0.1, -0.05) is 11.6 Å². The molecule has 0 amide bonds. The normalized spacial score (nSPS) is 11.4. The highest BCUT2D eigenvalue weighted by atomic mass is 35.5. The summed E-state index contributed by atoms with van der Waals surface area (Å²) in [5.41, 5.74) is 1.18. The van der Waals surface area contributed by atoms with Gasteiger partial charge in [0.05, 0.1) is 11.6 Å². The molecule has 0 radical (unpaired) electrons. The molecule has 1 rings (SSSR count). The Labute approximate surface area is 113 Å². The summed E-state index contributed by atoms with van der Waals surface area (Å²) in [6.45, 7) is 6.62. The Morgan fingerprint density at radius 1 is 1.47 bits per heavy atom. The smallest absolute Gasteiger partial charge is 0.0587 e. The van der Waals surface area contributed by atoms with Crippen LogP contribution in [-0.2, 0) is 11.3 Å². The number of nitrogens with zero attached hydrogens (tertiary/aromatic N) is 1. The number of aryl methyl sites for hydroxylation is 1. The molecule has 1 heterocycles. The molecule has 0 saturated heterocycles. The average molecular weight is 277 g/mol. The van der Waals surface area contributed by atoms with Gasteiger partial charge < -0.3 is 10.1 Å². The summed E-state index contributed by atoms with van der Waals surface area (Å²) in [4.78, 5) is 3.53. The van der Waals surface area contributed by atoms with Gasteiger partial charge in [0.2, 0.25) is 0 Å². The Bertz CT molecular complexity index is 330.